The molecule has 0 aromatic heterocycles. The van der Waals surface area contributed by atoms with E-state index in [0.29, 0.717) is 7.14 Å². The average Bonchev–Trinajstić information content (AvgIpc) is 2.13. The van der Waals surface area contributed by atoms with Gasteiger partial charge in [-0.05, 0) is 69.3 Å². The molecule has 0 amide bonds. The van der Waals surface area contributed by atoms with Crippen molar-refractivity contribution in [3.63, 3.8) is 0 Å². The van der Waals surface area contributed by atoms with Crippen LogP contribution in [0.3, 0.4) is 0 Å². The van der Waals surface area contributed by atoms with Crippen LogP contribution in [0.4, 0.5) is 0 Å². The average molecular weight is 497 g/mol. The summed E-state index contributed by atoms with van der Waals surface area (Å²) in [5, 5.41) is 18.2. The maximum Gasteiger partial charge on any atom is 0.320 e. The molecule has 4 nitrogen and oxygen atoms in total. The van der Waals surface area contributed by atoms with Gasteiger partial charge in [0, 0.05) is 17.1 Å². The van der Waals surface area contributed by atoms with Gasteiger partial charge in [0.2, 0.25) is 0 Å². The van der Waals surface area contributed by atoms with Gasteiger partial charge in [-0.3, -0.25) is 4.79 Å². The molecule has 1 aromatic rings. The molecule has 0 aliphatic rings. The van der Waals surface area contributed by atoms with E-state index < -0.39 is 12.0 Å². The Kier molecular flexibility index (Phi) is 7.18. The molecule has 0 fully saturated rings. The third-order valence-corrected chi connectivity index (χ3v) is 3.49. The molecule has 0 saturated heterocycles. The third-order valence-electron chi connectivity index (χ3n) is 1.85. The third kappa shape index (κ3) is 4.36. The zero-order valence-corrected chi connectivity index (χ0v) is 13.1. The molecule has 4 N–H and O–H groups in total. The molecular formula is C9H9CuI2NO3. The predicted octanol–water partition coefficient (Wildman–Crippen LogP) is 1.55. The Morgan fingerprint density at radius 3 is 2.19 bits per heavy atom. The first-order valence-electron chi connectivity index (χ1n) is 4.07. The normalized spacial score (nSPS) is 11.7. The number of nitrogens with two attached hydrogens (primary N) is 1. The topological polar surface area (TPSA) is 83.5 Å². The second-order valence-corrected chi connectivity index (χ2v) is 5.38. The molecule has 1 aromatic carbocycles. The van der Waals surface area contributed by atoms with E-state index in [1.54, 1.807) is 12.1 Å². The van der Waals surface area contributed by atoms with E-state index in [-0.39, 0.29) is 29.2 Å². The summed E-state index contributed by atoms with van der Waals surface area (Å²) in [6.45, 7) is 0. The van der Waals surface area contributed by atoms with Crippen LogP contribution >= 0.6 is 45.2 Å². The molecule has 16 heavy (non-hydrogen) atoms. The molecule has 0 bridgehead atoms. The Morgan fingerprint density at radius 2 is 1.81 bits per heavy atom. The van der Waals surface area contributed by atoms with Crippen molar-refractivity contribution in [1.29, 1.82) is 0 Å². The van der Waals surface area contributed by atoms with Gasteiger partial charge < -0.3 is 15.9 Å². The van der Waals surface area contributed by atoms with Crippen LogP contribution in [0, 0.1) is 7.14 Å². The number of hydrogen-bond donors (Lipinski definition) is 3. The summed E-state index contributed by atoms with van der Waals surface area (Å²) in [7, 11) is 0. The molecule has 7 heteroatoms. The minimum atomic E-state index is -1.02. The van der Waals surface area contributed by atoms with Crippen LogP contribution in [-0.2, 0) is 28.3 Å². The summed E-state index contributed by atoms with van der Waals surface area (Å²) in [6, 6.07) is 2.57. The number of phenolic OH excluding ortho intramolecular Hbond substituents is 1. The van der Waals surface area contributed by atoms with Gasteiger partial charge in [-0.15, -0.1) is 0 Å². The van der Waals surface area contributed by atoms with Crippen molar-refractivity contribution in [2.75, 3.05) is 0 Å². The zero-order chi connectivity index (χ0) is 11.6. The maximum absolute atomic E-state index is 10.6. The Bertz CT molecular complexity index is 377. The van der Waals surface area contributed by atoms with Crippen LogP contribution < -0.4 is 5.73 Å². The van der Waals surface area contributed by atoms with Crippen LogP contribution in [0.1, 0.15) is 5.56 Å². The molecule has 1 radical (unpaired) electrons. The van der Waals surface area contributed by atoms with Crippen molar-refractivity contribution in [3.8, 4) is 5.75 Å². The Hall–Kier alpha value is 0.429. The first kappa shape index (κ1) is 16.4. The standard InChI is InChI=1S/C9H9I2NO3.Cu/c10-5-1-4(2-6(11)8(5)13)3-7(12)9(14)15;/h1-2,7,13H,3,12H2,(H,14,15);/t7-;/m0./s1. The summed E-state index contributed by atoms with van der Waals surface area (Å²) < 4.78 is 1.40. The minimum absolute atomic E-state index is 0. The minimum Gasteiger partial charge on any atom is -0.506 e. The van der Waals surface area contributed by atoms with E-state index in [1.165, 1.54) is 0 Å². The molecule has 0 unspecified atom stereocenters. The van der Waals surface area contributed by atoms with E-state index in [9.17, 15) is 9.90 Å². The van der Waals surface area contributed by atoms with Crippen molar-refractivity contribution >= 4 is 51.2 Å². The van der Waals surface area contributed by atoms with Crippen LogP contribution in [0.2, 0.25) is 0 Å². The van der Waals surface area contributed by atoms with Gasteiger partial charge in [-0.1, -0.05) is 0 Å². The number of benzene rings is 1. The Balaban J connectivity index is 0.00000225. The maximum atomic E-state index is 10.6. The van der Waals surface area contributed by atoms with Gasteiger partial charge in [0.25, 0.3) is 0 Å². The molecule has 0 aliphatic heterocycles. The van der Waals surface area contributed by atoms with Crippen molar-refractivity contribution in [2.45, 2.75) is 12.5 Å². The number of aliphatic carboxylic acids is 1. The largest absolute Gasteiger partial charge is 0.506 e. The smallest absolute Gasteiger partial charge is 0.320 e. The molecule has 1 rings (SSSR count). The van der Waals surface area contributed by atoms with Gasteiger partial charge >= 0.3 is 5.97 Å². The van der Waals surface area contributed by atoms with Gasteiger partial charge in [0.1, 0.15) is 11.8 Å². The number of carbonyl (C=O) groups is 1. The van der Waals surface area contributed by atoms with Crippen molar-refractivity contribution < 1.29 is 32.1 Å². The molecule has 0 spiro atoms. The van der Waals surface area contributed by atoms with E-state index in [4.69, 9.17) is 10.8 Å². The van der Waals surface area contributed by atoms with Gasteiger partial charge in [-0.25, -0.2) is 0 Å². The van der Waals surface area contributed by atoms with Crippen molar-refractivity contribution in [1.82, 2.24) is 0 Å². The number of halogens is 2. The number of phenols is 1. The van der Waals surface area contributed by atoms with Crippen molar-refractivity contribution in [2.24, 2.45) is 5.73 Å². The monoisotopic (exact) mass is 496 g/mol. The molecule has 0 saturated carbocycles. The Labute approximate surface area is 131 Å². The van der Waals surface area contributed by atoms with E-state index >= 15 is 0 Å². The number of aromatic hydroxyl groups is 1. The van der Waals surface area contributed by atoms with Gasteiger partial charge in [-0.2, -0.15) is 0 Å². The van der Waals surface area contributed by atoms with Crippen LogP contribution in [-0.4, -0.2) is 22.2 Å². The second-order valence-electron chi connectivity index (χ2n) is 3.06. The number of carboxylic acids is 1. The second kappa shape index (κ2) is 7.00. The number of rotatable bonds is 3. The fourth-order valence-electron chi connectivity index (χ4n) is 1.08. The number of carboxylic acid groups (broad SMARTS) is 1. The summed E-state index contributed by atoms with van der Waals surface area (Å²) in [4.78, 5) is 10.6. The molecular weight excluding hydrogens is 487 g/mol. The van der Waals surface area contributed by atoms with E-state index in [2.05, 4.69) is 0 Å². The Morgan fingerprint density at radius 1 is 1.38 bits per heavy atom. The first-order chi connectivity index (χ1) is 6.91. The fourth-order valence-corrected chi connectivity index (χ4v) is 2.97. The molecule has 93 valence electrons. The van der Waals surface area contributed by atoms with Crippen LogP contribution in [0.15, 0.2) is 12.1 Å². The number of hydrogen-bond acceptors (Lipinski definition) is 3. The predicted molar refractivity (Wildman–Crippen MR) is 72.9 cm³/mol. The summed E-state index contributed by atoms with van der Waals surface area (Å²) >= 11 is 3.99. The first-order valence-corrected chi connectivity index (χ1v) is 6.23. The molecule has 0 aliphatic carbocycles. The fraction of sp³-hybridized carbons (Fsp3) is 0.222. The van der Waals surface area contributed by atoms with Crippen LogP contribution in [0.5, 0.6) is 5.75 Å². The molecule has 0 heterocycles. The zero-order valence-electron chi connectivity index (χ0n) is 7.88. The van der Waals surface area contributed by atoms with E-state index in [1.807, 2.05) is 45.2 Å². The quantitative estimate of drug-likeness (QED) is 0.438. The van der Waals surface area contributed by atoms with Crippen molar-refractivity contribution in [3.05, 3.63) is 24.8 Å². The van der Waals surface area contributed by atoms with Gasteiger partial charge in [0.15, 0.2) is 0 Å². The summed E-state index contributed by atoms with van der Waals surface area (Å²) in [5.41, 5.74) is 6.24. The van der Waals surface area contributed by atoms with Gasteiger partial charge in [0.05, 0.1) is 7.14 Å². The van der Waals surface area contributed by atoms with E-state index in [0.717, 1.165) is 5.56 Å². The summed E-state index contributed by atoms with van der Waals surface area (Å²) in [5.74, 6) is -0.795. The molecule has 1 atom stereocenters. The summed E-state index contributed by atoms with van der Waals surface area (Å²) in [6.07, 6.45) is 0.265. The SMILES string of the molecule is N[C@@H](Cc1cc(I)c(O)c(I)c1)C(=O)O.[Cu]. The van der Waals surface area contributed by atoms with Crippen LogP contribution in [0.25, 0.3) is 0 Å².